The Kier molecular flexibility index (Phi) is 7.04. The van der Waals surface area contributed by atoms with Gasteiger partial charge in [-0.1, -0.05) is 30.3 Å². The largest absolute Gasteiger partial charge is 0.348 e. The van der Waals surface area contributed by atoms with Crippen molar-refractivity contribution in [1.82, 2.24) is 30.4 Å². The van der Waals surface area contributed by atoms with Crippen molar-refractivity contribution in [2.75, 3.05) is 18.9 Å². The summed E-state index contributed by atoms with van der Waals surface area (Å²) in [6.07, 6.45) is 1.03. The third kappa shape index (κ3) is 5.90. The van der Waals surface area contributed by atoms with Crippen molar-refractivity contribution < 1.29 is 9.59 Å². The Labute approximate surface area is 215 Å². The van der Waals surface area contributed by atoms with Gasteiger partial charge in [0, 0.05) is 36.4 Å². The van der Waals surface area contributed by atoms with Crippen molar-refractivity contribution in [1.29, 1.82) is 0 Å². The standard InChI is InChI=1S/C28H29N7O2/c1-19-31-32-33-35(19)17-20-6-8-23(9-7-20)27(36)29-16-21-4-3-5-24(14-21)28(37)30-26-11-10-22-12-13-34(2)18-25(22)15-26/h3-11,14-15H,12-13,16-18H2,1-2H3,(H,29,36)(H,30,37). The second-order valence-corrected chi connectivity index (χ2v) is 9.39. The first-order chi connectivity index (χ1) is 17.9. The lowest BCUT2D eigenvalue weighted by Crippen LogP contribution is -2.26. The number of carbonyl (C=O) groups excluding carboxylic acids is 2. The number of benzene rings is 3. The molecule has 1 aromatic heterocycles. The maximum absolute atomic E-state index is 12.9. The monoisotopic (exact) mass is 495 g/mol. The normalized spacial score (nSPS) is 13.1. The number of nitrogens with one attached hydrogen (secondary N) is 2. The summed E-state index contributed by atoms with van der Waals surface area (Å²) in [6.45, 7) is 4.63. The average Bonchev–Trinajstić information content (AvgIpc) is 3.31. The zero-order valence-electron chi connectivity index (χ0n) is 20.9. The van der Waals surface area contributed by atoms with Crippen LogP contribution < -0.4 is 10.6 Å². The summed E-state index contributed by atoms with van der Waals surface area (Å²) < 4.78 is 1.70. The average molecular weight is 496 g/mol. The summed E-state index contributed by atoms with van der Waals surface area (Å²) in [5.41, 5.74) is 6.33. The third-order valence-corrected chi connectivity index (χ3v) is 6.57. The van der Waals surface area contributed by atoms with E-state index < -0.39 is 0 Å². The minimum atomic E-state index is -0.181. The summed E-state index contributed by atoms with van der Waals surface area (Å²) >= 11 is 0. The second-order valence-electron chi connectivity index (χ2n) is 9.39. The molecule has 5 rings (SSSR count). The van der Waals surface area contributed by atoms with Gasteiger partial charge < -0.3 is 15.5 Å². The predicted octanol–water partition coefficient (Wildman–Crippen LogP) is 3.20. The summed E-state index contributed by atoms with van der Waals surface area (Å²) in [6, 6.07) is 20.8. The van der Waals surface area contributed by atoms with E-state index in [1.54, 1.807) is 28.9 Å². The van der Waals surface area contributed by atoms with Crippen LogP contribution >= 0.6 is 0 Å². The molecule has 0 saturated heterocycles. The predicted molar refractivity (Wildman–Crippen MR) is 140 cm³/mol. The van der Waals surface area contributed by atoms with Crippen LogP contribution in [0.5, 0.6) is 0 Å². The summed E-state index contributed by atoms with van der Waals surface area (Å²) in [5.74, 6) is 0.373. The highest BCUT2D eigenvalue weighted by atomic mass is 16.2. The molecule has 188 valence electrons. The number of nitrogens with zero attached hydrogens (tertiary/aromatic N) is 5. The third-order valence-electron chi connectivity index (χ3n) is 6.57. The van der Waals surface area contributed by atoms with E-state index in [1.165, 1.54) is 11.1 Å². The highest BCUT2D eigenvalue weighted by Gasteiger charge is 2.15. The molecule has 0 saturated carbocycles. The lowest BCUT2D eigenvalue weighted by atomic mass is 9.99. The van der Waals surface area contributed by atoms with E-state index >= 15 is 0 Å². The fourth-order valence-electron chi connectivity index (χ4n) is 4.42. The summed E-state index contributed by atoms with van der Waals surface area (Å²) in [7, 11) is 2.10. The molecule has 2 N–H and O–H groups in total. The number of likely N-dealkylation sites (N-methyl/N-ethyl adjacent to an activating group) is 1. The zero-order valence-corrected chi connectivity index (χ0v) is 20.9. The number of rotatable bonds is 7. The molecule has 9 heteroatoms. The number of aryl methyl sites for hydroxylation is 1. The van der Waals surface area contributed by atoms with Gasteiger partial charge >= 0.3 is 0 Å². The number of hydrogen-bond donors (Lipinski definition) is 2. The lowest BCUT2D eigenvalue weighted by Gasteiger charge is -2.25. The Bertz CT molecular complexity index is 1430. The van der Waals surface area contributed by atoms with E-state index in [4.69, 9.17) is 0 Å². The molecule has 4 aromatic rings. The first kappa shape index (κ1) is 24.3. The van der Waals surface area contributed by atoms with Crippen LogP contribution in [0.4, 0.5) is 5.69 Å². The number of anilines is 1. The molecule has 1 aliphatic heterocycles. The molecule has 2 amide bonds. The molecule has 3 aromatic carbocycles. The molecular formula is C28H29N7O2. The topological polar surface area (TPSA) is 105 Å². The van der Waals surface area contributed by atoms with Crippen LogP contribution in [0.3, 0.4) is 0 Å². The van der Waals surface area contributed by atoms with E-state index in [1.807, 2.05) is 37.3 Å². The molecule has 0 fully saturated rings. The number of tetrazole rings is 1. The van der Waals surface area contributed by atoms with Crippen molar-refractivity contribution in [2.45, 2.75) is 33.0 Å². The van der Waals surface area contributed by atoms with Gasteiger partial charge in [0.05, 0.1) is 6.54 Å². The van der Waals surface area contributed by atoms with Gasteiger partial charge in [-0.15, -0.1) is 5.10 Å². The maximum atomic E-state index is 12.9. The van der Waals surface area contributed by atoms with Crippen molar-refractivity contribution >= 4 is 17.5 Å². The van der Waals surface area contributed by atoms with Gasteiger partial charge in [-0.25, -0.2) is 4.68 Å². The highest BCUT2D eigenvalue weighted by Crippen LogP contribution is 2.22. The summed E-state index contributed by atoms with van der Waals surface area (Å²) in [4.78, 5) is 27.8. The number of carbonyl (C=O) groups is 2. The molecule has 1 aliphatic rings. The number of hydrogen-bond acceptors (Lipinski definition) is 6. The van der Waals surface area contributed by atoms with E-state index in [9.17, 15) is 9.59 Å². The van der Waals surface area contributed by atoms with Crippen LogP contribution in [0.25, 0.3) is 0 Å². The van der Waals surface area contributed by atoms with E-state index in [0.29, 0.717) is 24.2 Å². The molecule has 0 bridgehead atoms. The first-order valence-corrected chi connectivity index (χ1v) is 12.2. The fourth-order valence-corrected chi connectivity index (χ4v) is 4.42. The van der Waals surface area contributed by atoms with Gasteiger partial charge in [-0.3, -0.25) is 9.59 Å². The van der Waals surface area contributed by atoms with Crippen molar-refractivity contribution in [2.24, 2.45) is 0 Å². The van der Waals surface area contributed by atoms with E-state index in [0.717, 1.165) is 42.1 Å². The maximum Gasteiger partial charge on any atom is 0.255 e. The van der Waals surface area contributed by atoms with Crippen molar-refractivity contribution in [3.63, 3.8) is 0 Å². The quantitative estimate of drug-likeness (QED) is 0.408. The molecule has 37 heavy (non-hydrogen) atoms. The van der Waals surface area contributed by atoms with Crippen LogP contribution in [-0.4, -0.2) is 50.5 Å². The van der Waals surface area contributed by atoms with Gasteiger partial charge in [0.1, 0.15) is 5.82 Å². The van der Waals surface area contributed by atoms with Gasteiger partial charge in [0.15, 0.2) is 0 Å². The first-order valence-electron chi connectivity index (χ1n) is 12.2. The Morgan fingerprint density at radius 3 is 2.54 bits per heavy atom. The Morgan fingerprint density at radius 2 is 1.76 bits per heavy atom. The van der Waals surface area contributed by atoms with E-state index in [2.05, 4.69) is 50.2 Å². The number of aromatic nitrogens is 4. The van der Waals surface area contributed by atoms with Crippen molar-refractivity contribution in [3.05, 3.63) is 106 Å². The molecule has 0 aliphatic carbocycles. The molecular weight excluding hydrogens is 466 g/mol. The molecule has 0 spiro atoms. The van der Waals surface area contributed by atoms with Crippen molar-refractivity contribution in [3.8, 4) is 0 Å². The lowest BCUT2D eigenvalue weighted by molar-refractivity contribution is 0.0950. The minimum absolute atomic E-state index is 0.175. The second kappa shape index (κ2) is 10.7. The number of fused-ring (bicyclic) bond motifs is 1. The smallest absolute Gasteiger partial charge is 0.255 e. The molecule has 0 atom stereocenters. The van der Waals surface area contributed by atoms with E-state index in [-0.39, 0.29) is 11.8 Å². The van der Waals surface area contributed by atoms with Crippen LogP contribution in [0, 0.1) is 6.92 Å². The number of amides is 2. The molecule has 0 radical (unpaired) electrons. The van der Waals surface area contributed by atoms with Crippen LogP contribution in [0.15, 0.2) is 66.7 Å². The Hall–Kier alpha value is -4.37. The molecule has 2 heterocycles. The van der Waals surface area contributed by atoms with Gasteiger partial charge in [0.25, 0.3) is 11.8 Å². The van der Waals surface area contributed by atoms with Gasteiger partial charge in [-0.05, 0) is 89.5 Å². The Morgan fingerprint density at radius 1 is 0.919 bits per heavy atom. The van der Waals surface area contributed by atoms with Crippen LogP contribution in [0.2, 0.25) is 0 Å². The van der Waals surface area contributed by atoms with Crippen LogP contribution in [-0.2, 0) is 26.1 Å². The highest BCUT2D eigenvalue weighted by molar-refractivity contribution is 6.04. The fraction of sp³-hybridized carbons (Fsp3) is 0.250. The Balaban J connectivity index is 1.17. The minimum Gasteiger partial charge on any atom is -0.348 e. The zero-order chi connectivity index (χ0) is 25.8. The molecule has 9 nitrogen and oxygen atoms in total. The SMILES string of the molecule is Cc1nnnn1Cc1ccc(C(=O)NCc2cccc(C(=O)Nc3ccc4c(c3)CN(C)CC4)c2)cc1. The van der Waals surface area contributed by atoms with Gasteiger partial charge in [0.2, 0.25) is 0 Å². The summed E-state index contributed by atoms with van der Waals surface area (Å²) in [5, 5.41) is 17.4. The van der Waals surface area contributed by atoms with Gasteiger partial charge in [-0.2, -0.15) is 0 Å². The van der Waals surface area contributed by atoms with Crippen LogP contribution in [0.1, 0.15) is 48.8 Å². The molecule has 0 unspecified atom stereocenters.